The molecule has 3 heterocycles. The predicted octanol–water partition coefficient (Wildman–Crippen LogP) is 1.98. The highest BCUT2D eigenvalue weighted by atomic mass is 127. The maximum Gasteiger partial charge on any atom is 0.0785 e. The van der Waals surface area contributed by atoms with E-state index in [1.165, 1.54) is 30.4 Å². The molecule has 1 fully saturated rings. The van der Waals surface area contributed by atoms with Crippen LogP contribution in [0.15, 0.2) is 39.9 Å². The van der Waals surface area contributed by atoms with Gasteiger partial charge in [0.25, 0.3) is 0 Å². The predicted molar refractivity (Wildman–Crippen MR) is 96.7 cm³/mol. The Bertz CT molecular complexity index is 670. The molecule has 1 aromatic heterocycles. The summed E-state index contributed by atoms with van der Waals surface area (Å²) in [6, 6.07) is 11.6. The SMILES string of the molecule is C[N+]1(C)CCC(C2c3ccccc3CSc3sccc32)CC1.[I-]. The Hall–Kier alpha value is -0.0400. The number of halogens is 1. The zero-order valence-electron chi connectivity index (χ0n) is 13.8. The lowest BCUT2D eigenvalue weighted by Gasteiger charge is -2.40. The quantitative estimate of drug-likeness (QED) is 0.466. The molecule has 2 aliphatic rings. The first kappa shape index (κ1) is 17.8. The number of piperidine rings is 1. The van der Waals surface area contributed by atoms with Crippen LogP contribution in [0.4, 0.5) is 0 Å². The summed E-state index contributed by atoms with van der Waals surface area (Å²) in [4.78, 5) is 0. The van der Waals surface area contributed by atoms with Gasteiger partial charge in [-0.15, -0.1) is 23.1 Å². The molecule has 1 atom stereocenters. The second-order valence-corrected chi connectivity index (χ2v) is 9.51. The first-order chi connectivity index (χ1) is 10.6. The third-order valence-corrected chi connectivity index (χ3v) is 7.74. The Morgan fingerprint density at radius 1 is 1.00 bits per heavy atom. The zero-order chi connectivity index (χ0) is 15.2. The van der Waals surface area contributed by atoms with Gasteiger partial charge in [-0.05, 0) is 34.1 Å². The lowest BCUT2D eigenvalue weighted by molar-refractivity contribution is -0.896. The second kappa shape index (κ2) is 7.06. The zero-order valence-corrected chi connectivity index (χ0v) is 17.6. The summed E-state index contributed by atoms with van der Waals surface area (Å²) in [5.74, 6) is 2.56. The van der Waals surface area contributed by atoms with Gasteiger partial charge in [0.05, 0.1) is 31.4 Å². The van der Waals surface area contributed by atoms with E-state index in [-0.39, 0.29) is 24.0 Å². The Morgan fingerprint density at radius 2 is 1.74 bits per heavy atom. The number of likely N-dealkylation sites (tertiary alicyclic amines) is 1. The van der Waals surface area contributed by atoms with E-state index < -0.39 is 0 Å². The van der Waals surface area contributed by atoms with Crippen molar-refractivity contribution in [3.8, 4) is 0 Å². The van der Waals surface area contributed by atoms with E-state index >= 15 is 0 Å². The first-order valence-electron chi connectivity index (χ1n) is 8.24. The molecule has 2 aromatic rings. The molecule has 0 bridgehead atoms. The van der Waals surface area contributed by atoms with Crippen LogP contribution in [-0.4, -0.2) is 31.7 Å². The van der Waals surface area contributed by atoms with E-state index in [0.717, 1.165) is 11.7 Å². The van der Waals surface area contributed by atoms with Crippen molar-refractivity contribution in [1.29, 1.82) is 0 Å². The second-order valence-electron chi connectivity index (χ2n) is 7.35. The highest BCUT2D eigenvalue weighted by molar-refractivity contribution is 8.00. The summed E-state index contributed by atoms with van der Waals surface area (Å²) < 4.78 is 2.75. The van der Waals surface area contributed by atoms with Gasteiger partial charge in [-0.25, -0.2) is 0 Å². The van der Waals surface area contributed by atoms with Crippen LogP contribution in [0.25, 0.3) is 0 Å². The topological polar surface area (TPSA) is 0 Å². The number of rotatable bonds is 1. The van der Waals surface area contributed by atoms with Crippen LogP contribution in [0.1, 0.15) is 35.4 Å². The summed E-state index contributed by atoms with van der Waals surface area (Å²) in [6.45, 7) is 2.63. The number of benzene rings is 1. The van der Waals surface area contributed by atoms with Crippen molar-refractivity contribution in [2.75, 3.05) is 27.2 Å². The number of hydrogen-bond donors (Lipinski definition) is 0. The van der Waals surface area contributed by atoms with Gasteiger partial charge in [0.2, 0.25) is 0 Å². The maximum atomic E-state index is 2.40. The third-order valence-electron chi connectivity index (χ3n) is 5.42. The molecule has 23 heavy (non-hydrogen) atoms. The summed E-state index contributed by atoms with van der Waals surface area (Å²) in [7, 11) is 4.76. The van der Waals surface area contributed by atoms with Gasteiger partial charge in [-0.3, -0.25) is 0 Å². The van der Waals surface area contributed by atoms with Crippen molar-refractivity contribution in [2.24, 2.45) is 5.92 Å². The summed E-state index contributed by atoms with van der Waals surface area (Å²) in [5, 5.41) is 2.29. The standard InChI is InChI=1S/C19H24NS2.HI/c1-20(2)10-7-14(8-11-20)18-16-6-4-3-5-15(16)13-22-19-17(18)9-12-21-19;/h3-6,9,12,14,18H,7-8,10-11,13H2,1-2H3;1H/q+1;/p-1. The van der Waals surface area contributed by atoms with Crippen molar-refractivity contribution >= 4 is 23.1 Å². The molecule has 124 valence electrons. The average molecular weight is 457 g/mol. The van der Waals surface area contributed by atoms with Crippen LogP contribution < -0.4 is 24.0 Å². The maximum absolute atomic E-state index is 2.40. The number of nitrogens with zero attached hydrogens (tertiary/aromatic N) is 1. The Balaban J connectivity index is 0.00000156. The molecule has 0 spiro atoms. The van der Waals surface area contributed by atoms with Gasteiger partial charge in [-0.2, -0.15) is 0 Å². The molecule has 0 saturated carbocycles. The first-order valence-corrected chi connectivity index (χ1v) is 10.1. The highest BCUT2D eigenvalue weighted by Gasteiger charge is 2.36. The fourth-order valence-corrected chi connectivity index (χ4v) is 6.26. The van der Waals surface area contributed by atoms with Gasteiger partial charge in [0.1, 0.15) is 0 Å². The van der Waals surface area contributed by atoms with Gasteiger partial charge in [0.15, 0.2) is 0 Å². The van der Waals surface area contributed by atoms with Crippen molar-refractivity contribution in [2.45, 2.75) is 28.7 Å². The highest BCUT2D eigenvalue weighted by Crippen LogP contribution is 2.48. The number of thioether (sulfide) groups is 1. The van der Waals surface area contributed by atoms with Crippen LogP contribution in [0.5, 0.6) is 0 Å². The Morgan fingerprint density at radius 3 is 2.52 bits per heavy atom. The van der Waals surface area contributed by atoms with Crippen LogP contribution in [0.2, 0.25) is 0 Å². The normalized spacial score (nSPS) is 23.3. The van der Waals surface area contributed by atoms with Crippen molar-refractivity contribution in [3.63, 3.8) is 0 Å². The van der Waals surface area contributed by atoms with Crippen molar-refractivity contribution < 1.29 is 28.5 Å². The summed E-state index contributed by atoms with van der Waals surface area (Å²) >= 11 is 3.98. The Labute approximate surface area is 165 Å². The van der Waals surface area contributed by atoms with Gasteiger partial charge < -0.3 is 28.5 Å². The molecule has 0 aliphatic carbocycles. The lowest BCUT2D eigenvalue weighted by Crippen LogP contribution is -3.00. The monoisotopic (exact) mass is 457 g/mol. The average Bonchev–Trinajstić information content (AvgIpc) is 2.91. The number of quaternary nitrogens is 1. The van der Waals surface area contributed by atoms with E-state index in [0.29, 0.717) is 5.92 Å². The minimum Gasteiger partial charge on any atom is -1.00 e. The molecule has 1 aromatic carbocycles. The van der Waals surface area contributed by atoms with Gasteiger partial charge in [0, 0.05) is 24.5 Å². The van der Waals surface area contributed by atoms with Crippen LogP contribution in [-0.2, 0) is 5.75 Å². The van der Waals surface area contributed by atoms with E-state index in [4.69, 9.17) is 0 Å². The lowest BCUT2D eigenvalue weighted by atomic mass is 9.75. The van der Waals surface area contributed by atoms with Gasteiger partial charge >= 0.3 is 0 Å². The van der Waals surface area contributed by atoms with E-state index in [1.807, 2.05) is 23.1 Å². The smallest absolute Gasteiger partial charge is 0.0785 e. The molecular formula is C19H24INS2. The Kier molecular flexibility index (Phi) is 5.46. The number of thiophene rings is 1. The number of hydrogen-bond acceptors (Lipinski definition) is 2. The molecule has 4 rings (SSSR count). The van der Waals surface area contributed by atoms with Crippen LogP contribution in [0, 0.1) is 5.92 Å². The fraction of sp³-hybridized carbons (Fsp3) is 0.474. The fourth-order valence-electron chi connectivity index (χ4n) is 4.06. The molecular weight excluding hydrogens is 433 g/mol. The van der Waals surface area contributed by atoms with Gasteiger partial charge in [-0.1, -0.05) is 24.3 Å². The minimum atomic E-state index is 0. The summed E-state index contributed by atoms with van der Waals surface area (Å²) in [5.41, 5.74) is 4.77. The molecule has 4 heteroatoms. The molecule has 0 amide bonds. The van der Waals surface area contributed by atoms with E-state index in [1.54, 1.807) is 20.9 Å². The molecule has 1 saturated heterocycles. The molecule has 0 N–H and O–H groups in total. The largest absolute Gasteiger partial charge is 1.00 e. The minimum absolute atomic E-state index is 0. The van der Waals surface area contributed by atoms with Crippen molar-refractivity contribution in [1.82, 2.24) is 0 Å². The van der Waals surface area contributed by atoms with E-state index in [9.17, 15) is 0 Å². The third kappa shape index (κ3) is 3.51. The van der Waals surface area contributed by atoms with Crippen molar-refractivity contribution in [3.05, 3.63) is 52.4 Å². The molecule has 2 aliphatic heterocycles. The molecule has 0 radical (unpaired) electrons. The van der Waals surface area contributed by atoms with E-state index in [2.05, 4.69) is 49.8 Å². The summed E-state index contributed by atoms with van der Waals surface area (Å²) in [6.07, 6.45) is 2.71. The molecule has 1 nitrogen and oxygen atoms in total. The van der Waals surface area contributed by atoms with Crippen LogP contribution >= 0.6 is 23.1 Å². The van der Waals surface area contributed by atoms with Crippen LogP contribution in [0.3, 0.4) is 0 Å². The molecule has 1 unspecified atom stereocenters. The number of fused-ring (bicyclic) bond motifs is 2.